The fourth-order valence-electron chi connectivity index (χ4n) is 3.32. The molecule has 1 fully saturated rings. The maximum atomic E-state index is 5.91. The molecule has 21 heavy (non-hydrogen) atoms. The van der Waals surface area contributed by atoms with Crippen LogP contribution in [0.2, 0.25) is 0 Å². The van der Waals surface area contributed by atoms with E-state index in [2.05, 4.69) is 35.9 Å². The highest BCUT2D eigenvalue weighted by atomic mass is 16.5. The van der Waals surface area contributed by atoms with Gasteiger partial charge in [-0.1, -0.05) is 13.8 Å². The maximum absolute atomic E-state index is 5.91. The fraction of sp³-hybridized carbons (Fsp3) is 0.812. The van der Waals surface area contributed by atoms with Crippen LogP contribution in [0.15, 0.2) is 6.20 Å². The Morgan fingerprint density at radius 1 is 1.48 bits per heavy atom. The van der Waals surface area contributed by atoms with Gasteiger partial charge in [0.15, 0.2) is 5.75 Å². The van der Waals surface area contributed by atoms with Crippen molar-refractivity contribution in [1.82, 2.24) is 15.1 Å². The molecule has 3 atom stereocenters. The summed E-state index contributed by atoms with van der Waals surface area (Å²) in [4.78, 5) is 0. The molecule has 0 saturated carbocycles. The Hall–Kier alpha value is -1.07. The van der Waals surface area contributed by atoms with Crippen LogP contribution in [0.1, 0.15) is 51.8 Å². The van der Waals surface area contributed by atoms with Crippen molar-refractivity contribution in [2.45, 2.75) is 58.7 Å². The second-order valence-electron chi connectivity index (χ2n) is 5.62. The fourth-order valence-corrected chi connectivity index (χ4v) is 3.32. The molecular weight excluding hydrogens is 266 g/mol. The van der Waals surface area contributed by atoms with Gasteiger partial charge < -0.3 is 14.8 Å². The Kier molecular flexibility index (Phi) is 6.06. The Morgan fingerprint density at radius 3 is 2.90 bits per heavy atom. The minimum Gasteiger partial charge on any atom is -0.493 e. The number of aryl methyl sites for hydroxylation is 1. The van der Waals surface area contributed by atoms with Crippen LogP contribution in [-0.2, 0) is 11.3 Å². The van der Waals surface area contributed by atoms with Crippen LogP contribution in [0.25, 0.3) is 0 Å². The number of hydrogen-bond acceptors (Lipinski definition) is 4. The number of hydrogen-bond donors (Lipinski definition) is 1. The zero-order chi connectivity index (χ0) is 15.2. The summed E-state index contributed by atoms with van der Waals surface area (Å²) in [5, 5.41) is 8.17. The van der Waals surface area contributed by atoms with Gasteiger partial charge in [-0.05, 0) is 32.7 Å². The molecule has 3 unspecified atom stereocenters. The molecule has 1 aromatic rings. The second-order valence-corrected chi connectivity index (χ2v) is 5.62. The summed E-state index contributed by atoms with van der Waals surface area (Å²) in [6, 6.07) is 0.245. The summed E-state index contributed by atoms with van der Waals surface area (Å²) >= 11 is 0. The number of ether oxygens (including phenoxy) is 2. The van der Waals surface area contributed by atoms with Crippen LogP contribution < -0.4 is 10.1 Å². The topological polar surface area (TPSA) is 48.3 Å². The molecule has 1 aliphatic rings. The Morgan fingerprint density at radius 2 is 2.29 bits per heavy atom. The van der Waals surface area contributed by atoms with E-state index in [1.165, 1.54) is 5.69 Å². The van der Waals surface area contributed by atoms with Gasteiger partial charge in [0.05, 0.1) is 31.1 Å². The lowest BCUT2D eigenvalue weighted by atomic mass is 9.88. The van der Waals surface area contributed by atoms with Gasteiger partial charge >= 0.3 is 0 Å². The molecule has 1 aromatic heterocycles. The van der Waals surface area contributed by atoms with E-state index in [9.17, 15) is 0 Å². The van der Waals surface area contributed by atoms with Gasteiger partial charge in [0.2, 0.25) is 0 Å². The van der Waals surface area contributed by atoms with Crippen LogP contribution in [0.3, 0.4) is 0 Å². The third-order valence-corrected chi connectivity index (χ3v) is 4.36. The lowest BCUT2D eigenvalue weighted by Crippen LogP contribution is -2.35. The highest BCUT2D eigenvalue weighted by Gasteiger charge is 2.37. The van der Waals surface area contributed by atoms with Gasteiger partial charge in [0, 0.05) is 19.1 Å². The molecule has 0 bridgehead atoms. The highest BCUT2D eigenvalue weighted by molar-refractivity contribution is 5.29. The van der Waals surface area contributed by atoms with E-state index < -0.39 is 0 Å². The van der Waals surface area contributed by atoms with Crippen molar-refractivity contribution in [2.24, 2.45) is 5.92 Å². The lowest BCUT2D eigenvalue weighted by Gasteiger charge is -2.29. The standard InChI is InChI=1S/C16H29N3O2/c1-5-9-17-15(12-8-10-21-13(12)6-2)16-14(20-4)11-18-19(16)7-3/h11-13,15,17H,5-10H2,1-4H3. The molecule has 1 N–H and O–H groups in total. The predicted molar refractivity (Wildman–Crippen MR) is 83.6 cm³/mol. The van der Waals surface area contributed by atoms with E-state index in [0.717, 1.165) is 44.7 Å². The van der Waals surface area contributed by atoms with Gasteiger partial charge in [-0.3, -0.25) is 4.68 Å². The first-order valence-corrected chi connectivity index (χ1v) is 8.21. The molecule has 2 rings (SSSR count). The smallest absolute Gasteiger partial charge is 0.161 e. The van der Waals surface area contributed by atoms with Crippen molar-refractivity contribution in [3.05, 3.63) is 11.9 Å². The molecular formula is C16H29N3O2. The van der Waals surface area contributed by atoms with Crippen molar-refractivity contribution in [2.75, 3.05) is 20.3 Å². The van der Waals surface area contributed by atoms with Crippen LogP contribution in [0.5, 0.6) is 5.75 Å². The van der Waals surface area contributed by atoms with Gasteiger partial charge in [-0.2, -0.15) is 5.10 Å². The second kappa shape index (κ2) is 7.80. The highest BCUT2D eigenvalue weighted by Crippen LogP contribution is 2.38. The van der Waals surface area contributed by atoms with Crippen LogP contribution in [-0.4, -0.2) is 36.1 Å². The monoisotopic (exact) mass is 295 g/mol. The number of methoxy groups -OCH3 is 1. The van der Waals surface area contributed by atoms with E-state index in [1.54, 1.807) is 7.11 Å². The molecule has 120 valence electrons. The predicted octanol–water partition coefficient (Wildman–Crippen LogP) is 2.77. The van der Waals surface area contributed by atoms with E-state index in [1.807, 2.05) is 6.20 Å². The molecule has 2 heterocycles. The third-order valence-electron chi connectivity index (χ3n) is 4.36. The summed E-state index contributed by atoms with van der Waals surface area (Å²) in [6.07, 6.45) is 5.42. The van der Waals surface area contributed by atoms with Crippen molar-refractivity contribution in [3.8, 4) is 5.75 Å². The van der Waals surface area contributed by atoms with Crippen LogP contribution >= 0.6 is 0 Å². The average Bonchev–Trinajstić information content (AvgIpc) is 3.14. The number of nitrogens with zero attached hydrogens (tertiary/aromatic N) is 2. The molecule has 5 heteroatoms. The van der Waals surface area contributed by atoms with Crippen LogP contribution in [0, 0.1) is 5.92 Å². The Bertz CT molecular complexity index is 412. The van der Waals surface area contributed by atoms with Gasteiger partial charge in [0.25, 0.3) is 0 Å². The third kappa shape index (κ3) is 3.40. The molecule has 0 radical (unpaired) electrons. The number of nitrogens with one attached hydrogen (secondary N) is 1. The van der Waals surface area contributed by atoms with E-state index in [0.29, 0.717) is 12.0 Å². The number of rotatable bonds is 8. The minimum atomic E-state index is 0.245. The molecule has 0 amide bonds. The largest absolute Gasteiger partial charge is 0.493 e. The molecule has 1 aliphatic heterocycles. The summed E-state index contributed by atoms with van der Waals surface area (Å²) in [7, 11) is 1.72. The van der Waals surface area contributed by atoms with E-state index >= 15 is 0 Å². The summed E-state index contributed by atoms with van der Waals surface area (Å²) in [5.41, 5.74) is 1.17. The molecule has 1 saturated heterocycles. The average molecular weight is 295 g/mol. The SMILES string of the molecule is CCCNC(c1c(OC)cnn1CC)C1CCOC1CC. The van der Waals surface area contributed by atoms with Gasteiger partial charge in [-0.15, -0.1) is 0 Å². The summed E-state index contributed by atoms with van der Waals surface area (Å²) in [5.74, 6) is 1.37. The van der Waals surface area contributed by atoms with Crippen molar-refractivity contribution < 1.29 is 9.47 Å². The maximum Gasteiger partial charge on any atom is 0.161 e. The van der Waals surface area contributed by atoms with E-state index in [4.69, 9.17) is 9.47 Å². The molecule has 0 spiro atoms. The molecule has 5 nitrogen and oxygen atoms in total. The Labute approximate surface area is 128 Å². The number of aromatic nitrogens is 2. The van der Waals surface area contributed by atoms with Crippen molar-refractivity contribution in [1.29, 1.82) is 0 Å². The molecule has 0 aliphatic carbocycles. The molecule has 0 aromatic carbocycles. The zero-order valence-electron chi connectivity index (χ0n) is 13.8. The first kappa shape index (κ1) is 16.3. The zero-order valence-corrected chi connectivity index (χ0v) is 13.8. The first-order valence-electron chi connectivity index (χ1n) is 8.21. The summed E-state index contributed by atoms with van der Waals surface area (Å²) < 4.78 is 13.5. The van der Waals surface area contributed by atoms with E-state index in [-0.39, 0.29) is 6.04 Å². The lowest BCUT2D eigenvalue weighted by molar-refractivity contribution is 0.0760. The first-order chi connectivity index (χ1) is 10.3. The van der Waals surface area contributed by atoms with Crippen molar-refractivity contribution in [3.63, 3.8) is 0 Å². The van der Waals surface area contributed by atoms with Crippen molar-refractivity contribution >= 4 is 0 Å². The Balaban J connectivity index is 2.33. The van der Waals surface area contributed by atoms with Crippen LogP contribution in [0.4, 0.5) is 0 Å². The van der Waals surface area contributed by atoms with Gasteiger partial charge in [0.1, 0.15) is 0 Å². The quantitative estimate of drug-likeness (QED) is 0.801. The normalized spacial score (nSPS) is 23.4. The minimum absolute atomic E-state index is 0.245. The van der Waals surface area contributed by atoms with Gasteiger partial charge in [-0.25, -0.2) is 0 Å². The summed E-state index contributed by atoms with van der Waals surface area (Å²) in [6.45, 7) is 9.23.